The summed E-state index contributed by atoms with van der Waals surface area (Å²) in [6.45, 7) is 6.16. The van der Waals surface area contributed by atoms with Gasteiger partial charge in [-0.2, -0.15) is 0 Å². The maximum Gasteiger partial charge on any atom is 0.410 e. The Morgan fingerprint density at radius 3 is 2.42 bits per heavy atom. The van der Waals surface area contributed by atoms with Crippen molar-refractivity contribution in [3.05, 3.63) is 29.8 Å². The second-order valence-electron chi connectivity index (χ2n) is 9.96. The van der Waals surface area contributed by atoms with Crippen LogP contribution in [-0.2, 0) is 4.74 Å². The second kappa shape index (κ2) is 9.49. The lowest BCUT2D eigenvalue weighted by Gasteiger charge is -2.52. The van der Waals surface area contributed by atoms with Crippen LogP contribution >= 0.6 is 0 Å². The quantitative estimate of drug-likeness (QED) is 0.606. The molecule has 1 aromatic rings. The Hall–Kier alpha value is -2.24. The van der Waals surface area contributed by atoms with E-state index >= 15 is 0 Å². The van der Waals surface area contributed by atoms with Gasteiger partial charge in [-0.1, -0.05) is 0 Å². The van der Waals surface area contributed by atoms with Gasteiger partial charge in [-0.3, -0.25) is 4.79 Å². The summed E-state index contributed by atoms with van der Waals surface area (Å²) in [4.78, 5) is 25.9. The van der Waals surface area contributed by atoms with Gasteiger partial charge in [0.05, 0.1) is 12.7 Å². The van der Waals surface area contributed by atoms with Crippen molar-refractivity contribution in [2.45, 2.75) is 77.4 Å². The highest BCUT2D eigenvalue weighted by Crippen LogP contribution is 2.54. The van der Waals surface area contributed by atoms with E-state index in [1.807, 2.05) is 43.0 Å². The number of nitrogens with zero attached hydrogens (tertiary/aromatic N) is 1. The molecule has 31 heavy (non-hydrogen) atoms. The first kappa shape index (κ1) is 22.0. The first-order chi connectivity index (χ1) is 14.9. The number of amides is 2. The molecule has 1 aromatic carbocycles. The van der Waals surface area contributed by atoms with E-state index in [1.165, 1.54) is 19.3 Å². The molecule has 1 saturated heterocycles. The summed E-state index contributed by atoms with van der Waals surface area (Å²) in [6.07, 6.45) is 9.01. The summed E-state index contributed by atoms with van der Waals surface area (Å²) >= 11 is 0. The average Bonchev–Trinajstić information content (AvgIpc) is 3.54. The summed E-state index contributed by atoms with van der Waals surface area (Å²) in [6, 6.07) is 7.83. The van der Waals surface area contributed by atoms with Crippen molar-refractivity contribution in [2.75, 3.05) is 19.7 Å². The molecule has 0 aromatic heterocycles. The standard InChI is InChI=1S/C25H36N2O4/c1-18(2)31-24(29)27-13-11-25(12-14-27)16-19(17-25)4-3-15-30-22-9-5-20(6-10-22)23(28)26-21-7-8-21/h5-6,9-10,18-19,21H,3-4,7-8,11-17H2,1-2H3,(H,26,28). The molecule has 0 radical (unpaired) electrons. The molecule has 2 saturated carbocycles. The molecule has 1 heterocycles. The summed E-state index contributed by atoms with van der Waals surface area (Å²) in [7, 11) is 0. The number of nitrogens with one attached hydrogen (secondary N) is 1. The molecule has 4 rings (SSSR count). The number of hydrogen-bond acceptors (Lipinski definition) is 4. The summed E-state index contributed by atoms with van der Waals surface area (Å²) in [5.41, 5.74) is 1.15. The molecule has 6 heteroatoms. The molecule has 3 aliphatic rings. The highest BCUT2D eigenvalue weighted by atomic mass is 16.6. The fraction of sp³-hybridized carbons (Fsp3) is 0.680. The van der Waals surface area contributed by atoms with Crippen LogP contribution in [-0.4, -0.2) is 48.7 Å². The first-order valence-electron chi connectivity index (χ1n) is 11.9. The zero-order valence-corrected chi connectivity index (χ0v) is 18.9. The molecule has 2 amide bonds. The molecule has 1 N–H and O–H groups in total. The highest BCUT2D eigenvalue weighted by Gasteiger charge is 2.46. The normalized spacial score (nSPS) is 20.4. The molecule has 2 aliphatic carbocycles. The number of ether oxygens (including phenoxy) is 2. The van der Waals surface area contributed by atoms with Crippen LogP contribution in [0.4, 0.5) is 4.79 Å². The number of piperidine rings is 1. The summed E-state index contributed by atoms with van der Waals surface area (Å²) < 4.78 is 11.2. The minimum absolute atomic E-state index is 0.00982. The largest absolute Gasteiger partial charge is 0.494 e. The maximum absolute atomic E-state index is 12.0. The molecule has 170 valence electrons. The number of rotatable bonds is 8. The van der Waals surface area contributed by atoms with E-state index in [-0.39, 0.29) is 18.1 Å². The lowest BCUT2D eigenvalue weighted by Crippen LogP contribution is -2.49. The van der Waals surface area contributed by atoms with Crippen molar-refractivity contribution in [1.82, 2.24) is 10.2 Å². The molecule has 3 fully saturated rings. The summed E-state index contributed by atoms with van der Waals surface area (Å²) in [5, 5.41) is 3.00. The molecule has 1 aliphatic heterocycles. The van der Waals surface area contributed by atoms with Crippen molar-refractivity contribution < 1.29 is 19.1 Å². The molecular weight excluding hydrogens is 392 g/mol. The van der Waals surface area contributed by atoms with Gasteiger partial charge in [0, 0.05) is 24.7 Å². The number of carbonyl (C=O) groups excluding carboxylic acids is 2. The Bertz CT molecular complexity index is 756. The smallest absolute Gasteiger partial charge is 0.410 e. The van der Waals surface area contributed by atoms with Gasteiger partial charge >= 0.3 is 6.09 Å². The maximum atomic E-state index is 12.0. The van der Waals surface area contributed by atoms with Crippen LogP contribution in [0.1, 0.15) is 75.6 Å². The lowest BCUT2D eigenvalue weighted by atomic mass is 9.56. The third-order valence-corrected chi connectivity index (χ3v) is 6.92. The third-order valence-electron chi connectivity index (χ3n) is 6.92. The minimum atomic E-state index is -0.158. The fourth-order valence-corrected chi connectivity index (χ4v) is 4.98. The zero-order valence-electron chi connectivity index (χ0n) is 18.9. The molecular formula is C25H36N2O4. The number of carbonyl (C=O) groups is 2. The van der Waals surface area contributed by atoms with Gasteiger partial charge in [0.2, 0.25) is 0 Å². The van der Waals surface area contributed by atoms with Crippen LogP contribution in [0, 0.1) is 11.3 Å². The third kappa shape index (κ3) is 5.92. The van der Waals surface area contributed by atoms with Crippen LogP contribution < -0.4 is 10.1 Å². The van der Waals surface area contributed by atoms with E-state index in [0.717, 1.165) is 56.9 Å². The molecule has 1 spiro atoms. The van der Waals surface area contributed by atoms with E-state index in [1.54, 1.807) is 0 Å². The van der Waals surface area contributed by atoms with Crippen molar-refractivity contribution in [3.63, 3.8) is 0 Å². The monoisotopic (exact) mass is 428 g/mol. The Morgan fingerprint density at radius 1 is 1.13 bits per heavy atom. The van der Waals surface area contributed by atoms with Gasteiger partial charge in [0.15, 0.2) is 0 Å². The zero-order chi connectivity index (χ0) is 21.8. The lowest BCUT2D eigenvalue weighted by molar-refractivity contribution is -0.0203. The van der Waals surface area contributed by atoms with Gasteiger partial charge < -0.3 is 19.7 Å². The SMILES string of the molecule is CC(C)OC(=O)N1CCC2(CC1)CC(CCCOc1ccc(C(=O)NC3CC3)cc1)C2. The summed E-state index contributed by atoms with van der Waals surface area (Å²) in [5.74, 6) is 1.62. The molecule has 0 atom stereocenters. The van der Waals surface area contributed by atoms with Crippen LogP contribution in [0.5, 0.6) is 5.75 Å². The van der Waals surface area contributed by atoms with Gasteiger partial charge in [0.25, 0.3) is 5.91 Å². The minimum Gasteiger partial charge on any atom is -0.494 e. The fourth-order valence-electron chi connectivity index (χ4n) is 4.98. The van der Waals surface area contributed by atoms with Crippen LogP contribution in [0.3, 0.4) is 0 Å². The molecule has 0 bridgehead atoms. The topological polar surface area (TPSA) is 67.9 Å². The van der Waals surface area contributed by atoms with Gasteiger partial charge in [-0.15, -0.1) is 0 Å². The Balaban J connectivity index is 1.09. The van der Waals surface area contributed by atoms with E-state index in [4.69, 9.17) is 9.47 Å². The van der Waals surface area contributed by atoms with Crippen LogP contribution in [0.2, 0.25) is 0 Å². The second-order valence-corrected chi connectivity index (χ2v) is 9.96. The van der Waals surface area contributed by atoms with Crippen molar-refractivity contribution >= 4 is 12.0 Å². The molecule has 6 nitrogen and oxygen atoms in total. The van der Waals surface area contributed by atoms with Gasteiger partial charge in [-0.25, -0.2) is 4.79 Å². The van der Waals surface area contributed by atoms with Crippen molar-refractivity contribution in [3.8, 4) is 5.75 Å². The van der Waals surface area contributed by atoms with Crippen molar-refractivity contribution in [1.29, 1.82) is 0 Å². The Labute approximate surface area is 185 Å². The average molecular weight is 429 g/mol. The van der Waals surface area contributed by atoms with Crippen LogP contribution in [0.15, 0.2) is 24.3 Å². The predicted molar refractivity (Wildman–Crippen MR) is 119 cm³/mol. The number of likely N-dealkylation sites (tertiary alicyclic amines) is 1. The molecule has 0 unspecified atom stereocenters. The van der Waals surface area contributed by atoms with Gasteiger partial charge in [0.1, 0.15) is 5.75 Å². The predicted octanol–water partition coefficient (Wildman–Crippen LogP) is 4.78. The Morgan fingerprint density at radius 2 is 1.81 bits per heavy atom. The van der Waals surface area contributed by atoms with E-state index in [0.29, 0.717) is 23.6 Å². The number of benzene rings is 1. The van der Waals surface area contributed by atoms with E-state index < -0.39 is 0 Å². The number of hydrogen-bond donors (Lipinski definition) is 1. The van der Waals surface area contributed by atoms with Crippen LogP contribution in [0.25, 0.3) is 0 Å². The van der Waals surface area contributed by atoms with Crippen molar-refractivity contribution in [2.24, 2.45) is 11.3 Å². The highest BCUT2D eigenvalue weighted by molar-refractivity contribution is 5.94. The first-order valence-corrected chi connectivity index (χ1v) is 11.9. The van der Waals surface area contributed by atoms with E-state index in [9.17, 15) is 9.59 Å². The van der Waals surface area contributed by atoms with Gasteiger partial charge in [-0.05, 0) is 101 Å². The van der Waals surface area contributed by atoms with E-state index in [2.05, 4.69) is 5.32 Å². The Kier molecular flexibility index (Phi) is 6.73.